The maximum atomic E-state index is 7.15. The molecule has 0 amide bonds. The fourth-order valence-electron chi connectivity index (χ4n) is 0.535. The Bertz CT molecular complexity index is 189. The third kappa shape index (κ3) is 2.44. The van der Waals surface area contributed by atoms with Crippen LogP contribution in [0, 0.1) is 5.41 Å². The van der Waals surface area contributed by atoms with Gasteiger partial charge in [-0.2, -0.15) is 0 Å². The molecule has 0 rings (SSSR count). The molecule has 0 aliphatic carbocycles. The number of aliphatic imine (C=N–C) groups is 1. The highest BCUT2D eigenvalue weighted by Gasteiger charge is 1.95. The monoisotopic (exact) mass is 139 g/mol. The van der Waals surface area contributed by atoms with Crippen LogP contribution in [0.5, 0.6) is 0 Å². The Hall–Kier alpha value is -1.12. The van der Waals surface area contributed by atoms with Gasteiger partial charge in [-0.15, -0.1) is 0 Å². The first-order valence-corrected chi connectivity index (χ1v) is 3.10. The van der Waals surface area contributed by atoms with E-state index < -0.39 is 0 Å². The van der Waals surface area contributed by atoms with Gasteiger partial charge < -0.3 is 11.1 Å². The third-order valence-corrected chi connectivity index (χ3v) is 1.12. The van der Waals surface area contributed by atoms with Crippen molar-refractivity contribution in [2.24, 2.45) is 10.7 Å². The summed E-state index contributed by atoms with van der Waals surface area (Å²) in [5.74, 6) is 0. The largest absolute Gasteiger partial charge is 0.396 e. The van der Waals surface area contributed by atoms with Crippen molar-refractivity contribution in [1.82, 2.24) is 0 Å². The van der Waals surface area contributed by atoms with Crippen LogP contribution in [0.4, 0.5) is 0 Å². The summed E-state index contributed by atoms with van der Waals surface area (Å²) >= 11 is 0. The Labute approximate surface area is 61.2 Å². The molecule has 0 aliphatic heterocycles. The molecule has 0 aliphatic rings. The number of hydrogen-bond acceptors (Lipinski definition) is 3. The van der Waals surface area contributed by atoms with Gasteiger partial charge in [0, 0.05) is 6.21 Å². The van der Waals surface area contributed by atoms with Crippen LogP contribution in [0.2, 0.25) is 0 Å². The van der Waals surface area contributed by atoms with Crippen molar-refractivity contribution in [3.05, 3.63) is 11.4 Å². The van der Waals surface area contributed by atoms with Gasteiger partial charge in [-0.25, -0.2) is 0 Å². The summed E-state index contributed by atoms with van der Waals surface area (Å²) in [7, 11) is 0. The van der Waals surface area contributed by atoms with Gasteiger partial charge in [0.05, 0.1) is 17.1 Å². The van der Waals surface area contributed by atoms with E-state index in [-0.39, 0.29) is 0 Å². The SMILES string of the molecule is CC=N/C(C)=C(/N)C(C)=N. The number of nitrogens with zero attached hydrogens (tertiary/aromatic N) is 1. The summed E-state index contributed by atoms with van der Waals surface area (Å²) in [6.45, 7) is 5.24. The normalized spacial score (nSPS) is 13.5. The summed E-state index contributed by atoms with van der Waals surface area (Å²) in [6.07, 6.45) is 1.66. The highest BCUT2D eigenvalue weighted by molar-refractivity contribution is 5.95. The Morgan fingerprint density at radius 1 is 1.50 bits per heavy atom. The molecule has 0 atom stereocenters. The van der Waals surface area contributed by atoms with Crippen molar-refractivity contribution in [3.63, 3.8) is 0 Å². The molecule has 3 N–H and O–H groups in total. The second-order valence-corrected chi connectivity index (χ2v) is 2.01. The van der Waals surface area contributed by atoms with Crippen molar-refractivity contribution < 1.29 is 0 Å². The number of rotatable bonds is 2. The predicted molar refractivity (Wildman–Crippen MR) is 44.5 cm³/mol. The Morgan fingerprint density at radius 3 is 2.30 bits per heavy atom. The zero-order chi connectivity index (χ0) is 8.15. The van der Waals surface area contributed by atoms with E-state index >= 15 is 0 Å². The van der Waals surface area contributed by atoms with Gasteiger partial charge in [-0.1, -0.05) is 0 Å². The van der Waals surface area contributed by atoms with E-state index in [1.54, 1.807) is 20.1 Å². The summed E-state index contributed by atoms with van der Waals surface area (Å²) in [6, 6.07) is 0. The molecule has 0 aromatic rings. The van der Waals surface area contributed by atoms with E-state index in [9.17, 15) is 0 Å². The smallest absolute Gasteiger partial charge is 0.0738 e. The summed E-state index contributed by atoms with van der Waals surface area (Å²) in [4.78, 5) is 3.93. The minimum Gasteiger partial charge on any atom is -0.396 e. The molecule has 3 heteroatoms. The van der Waals surface area contributed by atoms with Crippen LogP contribution in [0.25, 0.3) is 0 Å². The highest BCUT2D eigenvalue weighted by atomic mass is 14.8. The average molecular weight is 139 g/mol. The molecule has 0 aromatic carbocycles. The zero-order valence-corrected chi connectivity index (χ0v) is 6.60. The number of hydrogen-bond donors (Lipinski definition) is 2. The number of nitrogens with two attached hydrogens (primary N) is 1. The molecular formula is C7H13N3. The van der Waals surface area contributed by atoms with Gasteiger partial charge in [-0.05, 0) is 20.8 Å². The van der Waals surface area contributed by atoms with E-state index in [4.69, 9.17) is 11.1 Å². The van der Waals surface area contributed by atoms with Crippen LogP contribution in [0.15, 0.2) is 16.4 Å². The molecule has 0 radical (unpaired) electrons. The molecule has 0 fully saturated rings. The minimum absolute atomic E-state index is 0.364. The minimum atomic E-state index is 0.364. The van der Waals surface area contributed by atoms with E-state index in [1.165, 1.54) is 0 Å². The maximum Gasteiger partial charge on any atom is 0.0738 e. The number of nitrogens with one attached hydrogen (secondary N) is 1. The zero-order valence-electron chi connectivity index (χ0n) is 6.60. The highest BCUT2D eigenvalue weighted by Crippen LogP contribution is 1.99. The van der Waals surface area contributed by atoms with E-state index in [0.29, 0.717) is 17.1 Å². The molecule has 10 heavy (non-hydrogen) atoms. The number of allylic oxidation sites excluding steroid dienone is 2. The van der Waals surface area contributed by atoms with E-state index in [2.05, 4.69) is 4.99 Å². The lowest BCUT2D eigenvalue weighted by molar-refractivity contribution is 1.21. The Morgan fingerprint density at radius 2 is 2.00 bits per heavy atom. The van der Waals surface area contributed by atoms with Gasteiger partial charge in [0.15, 0.2) is 0 Å². The summed E-state index contributed by atoms with van der Waals surface area (Å²) < 4.78 is 0. The van der Waals surface area contributed by atoms with Crippen molar-refractivity contribution in [3.8, 4) is 0 Å². The molecular weight excluding hydrogens is 126 g/mol. The van der Waals surface area contributed by atoms with Crippen LogP contribution < -0.4 is 5.73 Å². The van der Waals surface area contributed by atoms with Crippen LogP contribution >= 0.6 is 0 Å². The van der Waals surface area contributed by atoms with E-state index in [0.717, 1.165) is 0 Å². The Kier molecular flexibility index (Phi) is 3.39. The molecule has 0 saturated carbocycles. The fraction of sp³-hybridized carbons (Fsp3) is 0.429. The fourth-order valence-corrected chi connectivity index (χ4v) is 0.535. The molecule has 56 valence electrons. The van der Waals surface area contributed by atoms with E-state index in [1.807, 2.05) is 6.92 Å². The van der Waals surface area contributed by atoms with Gasteiger partial charge >= 0.3 is 0 Å². The van der Waals surface area contributed by atoms with Crippen molar-refractivity contribution in [2.45, 2.75) is 20.8 Å². The maximum absolute atomic E-state index is 7.15. The van der Waals surface area contributed by atoms with Crippen LogP contribution in [-0.4, -0.2) is 11.9 Å². The first kappa shape index (κ1) is 8.88. The van der Waals surface area contributed by atoms with Crippen LogP contribution in [0.3, 0.4) is 0 Å². The van der Waals surface area contributed by atoms with Gasteiger partial charge in [0.2, 0.25) is 0 Å². The third-order valence-electron chi connectivity index (χ3n) is 1.12. The molecule has 0 spiro atoms. The Balaban J connectivity index is 4.50. The second-order valence-electron chi connectivity index (χ2n) is 2.01. The van der Waals surface area contributed by atoms with Crippen molar-refractivity contribution >= 4 is 11.9 Å². The lowest BCUT2D eigenvalue weighted by atomic mass is 10.2. The van der Waals surface area contributed by atoms with Crippen molar-refractivity contribution in [2.75, 3.05) is 0 Å². The topological polar surface area (TPSA) is 62.2 Å². The standard InChI is InChI=1S/C7H13N3/c1-4-10-6(3)7(9)5(2)8/h4,8H,9H2,1-3H3/b7-6+,8-5?,10-4?. The second kappa shape index (κ2) is 3.82. The lowest BCUT2D eigenvalue weighted by Gasteiger charge is -1.98. The molecule has 0 unspecified atom stereocenters. The first-order chi connectivity index (χ1) is 4.59. The van der Waals surface area contributed by atoms with Crippen LogP contribution in [0.1, 0.15) is 20.8 Å². The molecule has 0 saturated heterocycles. The summed E-state index contributed by atoms with van der Waals surface area (Å²) in [5, 5.41) is 7.15. The molecule has 0 aromatic heterocycles. The van der Waals surface area contributed by atoms with Crippen LogP contribution in [-0.2, 0) is 0 Å². The lowest BCUT2D eigenvalue weighted by Crippen LogP contribution is -2.08. The van der Waals surface area contributed by atoms with Gasteiger partial charge in [0.25, 0.3) is 0 Å². The van der Waals surface area contributed by atoms with Gasteiger partial charge in [-0.3, -0.25) is 4.99 Å². The average Bonchev–Trinajstić information content (AvgIpc) is 1.87. The molecule has 3 nitrogen and oxygen atoms in total. The summed E-state index contributed by atoms with van der Waals surface area (Å²) in [5.41, 5.74) is 7.01. The molecule has 0 bridgehead atoms. The predicted octanol–water partition coefficient (Wildman–Crippen LogP) is 1.31. The quantitative estimate of drug-likeness (QED) is 0.556. The first-order valence-electron chi connectivity index (χ1n) is 3.10. The van der Waals surface area contributed by atoms with Gasteiger partial charge in [0.1, 0.15) is 0 Å². The molecule has 0 heterocycles. The van der Waals surface area contributed by atoms with Crippen molar-refractivity contribution in [1.29, 1.82) is 5.41 Å².